The third kappa shape index (κ3) is 8.50. The monoisotopic (exact) mass is 592 g/mol. The molecule has 0 aliphatic carbocycles. The van der Waals surface area contributed by atoms with Gasteiger partial charge < -0.3 is 25.6 Å². The quantitative estimate of drug-likeness (QED) is 0.120. The lowest BCUT2D eigenvalue weighted by Crippen LogP contribution is -2.22. The number of nitrogens with two attached hydrogens (primary N) is 1. The highest BCUT2D eigenvalue weighted by Gasteiger charge is 2.20. The largest absolute Gasteiger partial charge is 0.457 e. The van der Waals surface area contributed by atoms with E-state index in [0.717, 1.165) is 11.1 Å². The number of nitrogens with zero attached hydrogens (tertiary/aromatic N) is 3. The third-order valence-corrected chi connectivity index (χ3v) is 8.21. The van der Waals surface area contributed by atoms with Gasteiger partial charge in [-0.25, -0.2) is 9.97 Å². The average Bonchev–Trinajstić information content (AvgIpc) is 2.91. The summed E-state index contributed by atoms with van der Waals surface area (Å²) in [7, 11) is 0. The molecule has 0 radical (unpaired) electrons. The first-order chi connectivity index (χ1) is 19.6. The van der Waals surface area contributed by atoms with Crippen molar-refractivity contribution in [1.29, 1.82) is 0 Å². The van der Waals surface area contributed by atoms with Gasteiger partial charge in [0.1, 0.15) is 28.2 Å². The number of aryl methyl sites for hydroxylation is 1. The standard InChI is InChI=1S/C33H44N4O4S/c1-21(37(20-39)19-23-18-35-22(2)36-30(23)34)29(14-15-38)42-31(40)27-13-12-25(33(6,7)8)17-28(27)41-26-11-9-10-24(16-26)32(3,4)5/h9-13,16-18,20,38,40,42H,14-15,19H2,1-8H3,(H2,34,35,36)/b29-21-. The van der Waals surface area contributed by atoms with Crippen molar-refractivity contribution in [2.45, 2.75) is 79.2 Å². The van der Waals surface area contributed by atoms with Crippen molar-refractivity contribution in [3.8, 4) is 11.5 Å². The van der Waals surface area contributed by atoms with Crippen LogP contribution in [0, 0.1) is 6.92 Å². The molecule has 3 rings (SSSR count). The number of hydrogen-bond acceptors (Lipinski definition) is 6. The van der Waals surface area contributed by atoms with Gasteiger partial charge in [-0.15, -0.1) is 11.4 Å². The van der Waals surface area contributed by atoms with E-state index >= 15 is 0 Å². The van der Waals surface area contributed by atoms with Crippen LogP contribution in [0.5, 0.6) is 11.5 Å². The smallest absolute Gasteiger partial charge is 0.214 e. The van der Waals surface area contributed by atoms with Crippen molar-refractivity contribution in [3.05, 3.63) is 87.3 Å². The van der Waals surface area contributed by atoms with E-state index in [9.17, 15) is 15.0 Å². The van der Waals surface area contributed by atoms with Crippen LogP contribution in [0.1, 0.15) is 83.0 Å². The summed E-state index contributed by atoms with van der Waals surface area (Å²) >= 11 is 0.439. The number of amides is 1. The lowest BCUT2D eigenvalue weighted by Gasteiger charge is -2.23. The van der Waals surface area contributed by atoms with Crippen LogP contribution in [0.4, 0.5) is 5.82 Å². The molecule has 9 heteroatoms. The molecule has 0 aliphatic rings. The highest BCUT2D eigenvalue weighted by molar-refractivity contribution is 8.02. The van der Waals surface area contributed by atoms with Crippen LogP contribution in [0.2, 0.25) is 0 Å². The van der Waals surface area contributed by atoms with E-state index in [1.54, 1.807) is 20.0 Å². The molecule has 0 spiro atoms. The van der Waals surface area contributed by atoms with E-state index in [-0.39, 0.29) is 35.5 Å². The Morgan fingerprint density at radius 2 is 1.74 bits per heavy atom. The summed E-state index contributed by atoms with van der Waals surface area (Å²) in [5.74, 6) is 2.04. The zero-order chi connectivity index (χ0) is 31.2. The van der Waals surface area contributed by atoms with Gasteiger partial charge >= 0.3 is 0 Å². The second kappa shape index (κ2) is 13.6. The van der Waals surface area contributed by atoms with E-state index in [1.165, 1.54) is 4.90 Å². The number of carbonyl (C=O) groups excluding carboxylic acids is 1. The fourth-order valence-electron chi connectivity index (χ4n) is 4.24. The minimum absolute atomic E-state index is 0.0456. The number of anilines is 1. The molecule has 0 bridgehead atoms. The molecular weight excluding hydrogens is 548 g/mol. The van der Waals surface area contributed by atoms with E-state index in [0.29, 0.717) is 62.6 Å². The van der Waals surface area contributed by atoms with Gasteiger partial charge in [-0.3, -0.25) is 4.79 Å². The van der Waals surface area contributed by atoms with Gasteiger partial charge in [-0.2, -0.15) is 0 Å². The van der Waals surface area contributed by atoms with Gasteiger partial charge in [-0.1, -0.05) is 59.7 Å². The predicted octanol–water partition coefficient (Wildman–Crippen LogP) is 6.53. The topological polar surface area (TPSA) is 122 Å². The maximum Gasteiger partial charge on any atom is 0.214 e. The molecule has 1 aromatic heterocycles. The van der Waals surface area contributed by atoms with Crippen molar-refractivity contribution in [2.75, 3.05) is 12.3 Å². The summed E-state index contributed by atoms with van der Waals surface area (Å²) < 4.78 is 6.43. The fraction of sp³-hybridized carbons (Fsp3) is 0.394. The Balaban J connectivity index is 2.08. The van der Waals surface area contributed by atoms with Crippen molar-refractivity contribution in [2.24, 2.45) is 0 Å². The van der Waals surface area contributed by atoms with Crippen LogP contribution in [-0.2, 0) is 22.2 Å². The van der Waals surface area contributed by atoms with Crippen LogP contribution in [-0.4, -0.2) is 43.1 Å². The second-order valence-corrected chi connectivity index (χ2v) is 13.5. The molecule has 226 valence electrons. The Hall–Kier alpha value is -3.53. The molecule has 0 saturated carbocycles. The van der Waals surface area contributed by atoms with Gasteiger partial charge in [0.15, 0.2) is 0 Å². The van der Waals surface area contributed by atoms with E-state index < -0.39 is 0 Å². The number of ether oxygens (including phenoxy) is 1. The molecule has 0 unspecified atom stereocenters. The lowest BCUT2D eigenvalue weighted by atomic mass is 9.86. The molecule has 0 aliphatic heterocycles. The molecule has 0 saturated heterocycles. The Bertz CT molecular complexity index is 1490. The number of benzene rings is 2. The SMILES string of the molecule is C/C(=C(CCO)/[SH]=C(\O)c1ccc(C(C)(C)C)cc1Oc1cccc(C(C)(C)C)c1)N(C=O)Cc1cnc(C)nc1N. The molecular formula is C33H44N4O4S. The average molecular weight is 593 g/mol. The lowest BCUT2D eigenvalue weighted by molar-refractivity contribution is -0.116. The normalized spacial score (nSPS) is 13.2. The number of hydrogen-bond donors (Lipinski definition) is 4. The first-order valence-corrected chi connectivity index (χ1v) is 14.8. The number of rotatable bonds is 10. The second-order valence-electron chi connectivity index (χ2n) is 12.3. The Morgan fingerprint density at radius 3 is 2.33 bits per heavy atom. The molecule has 4 N–H and O–H groups in total. The summed E-state index contributed by atoms with van der Waals surface area (Å²) in [6, 6.07) is 13.8. The number of carbonyl (C=O) groups is 1. The number of allylic oxidation sites excluding steroid dienone is 1. The zero-order valence-electron chi connectivity index (χ0n) is 25.9. The Labute approximate surface area is 253 Å². The number of aromatic nitrogens is 2. The van der Waals surface area contributed by atoms with Crippen LogP contribution >= 0.6 is 11.4 Å². The van der Waals surface area contributed by atoms with E-state index in [2.05, 4.69) is 57.6 Å². The summed E-state index contributed by atoms with van der Waals surface area (Å²) in [6.45, 7) is 16.4. The predicted molar refractivity (Wildman–Crippen MR) is 173 cm³/mol. The van der Waals surface area contributed by atoms with Crippen LogP contribution in [0.3, 0.4) is 0 Å². The number of thiol groups is 1. The minimum Gasteiger partial charge on any atom is -0.457 e. The molecule has 0 fully saturated rings. The first kappa shape index (κ1) is 33.0. The molecule has 1 amide bonds. The van der Waals surface area contributed by atoms with Crippen LogP contribution in [0.25, 0.3) is 0 Å². The summed E-state index contributed by atoms with van der Waals surface area (Å²) in [4.78, 5) is 22.7. The van der Waals surface area contributed by atoms with Gasteiger partial charge in [0.2, 0.25) is 6.41 Å². The Morgan fingerprint density at radius 1 is 1.07 bits per heavy atom. The van der Waals surface area contributed by atoms with Crippen molar-refractivity contribution < 1.29 is 19.7 Å². The Kier molecular flexibility index (Phi) is 10.7. The van der Waals surface area contributed by atoms with Gasteiger partial charge in [0.05, 0.1) is 12.1 Å². The zero-order valence-corrected chi connectivity index (χ0v) is 26.8. The number of nitrogen functional groups attached to an aromatic ring is 1. The van der Waals surface area contributed by atoms with Crippen LogP contribution < -0.4 is 10.5 Å². The molecule has 8 nitrogen and oxygen atoms in total. The van der Waals surface area contributed by atoms with Crippen molar-refractivity contribution in [1.82, 2.24) is 14.9 Å². The van der Waals surface area contributed by atoms with E-state index in [4.69, 9.17) is 10.5 Å². The number of aliphatic hydroxyl groups excluding tert-OH is 2. The van der Waals surface area contributed by atoms with Crippen molar-refractivity contribution >= 4 is 28.6 Å². The van der Waals surface area contributed by atoms with Crippen LogP contribution in [0.15, 0.2) is 59.3 Å². The van der Waals surface area contributed by atoms with Gasteiger partial charge in [-0.05, 0) is 60.1 Å². The molecule has 42 heavy (non-hydrogen) atoms. The maximum atomic E-state index is 12.1. The molecule has 2 aromatic carbocycles. The highest BCUT2D eigenvalue weighted by Crippen LogP contribution is 2.35. The van der Waals surface area contributed by atoms with Gasteiger partial charge in [0.25, 0.3) is 0 Å². The maximum absolute atomic E-state index is 12.1. The summed E-state index contributed by atoms with van der Waals surface area (Å²) in [6.07, 6.45) is 2.56. The molecule has 3 aromatic rings. The fourth-order valence-corrected chi connectivity index (χ4v) is 5.30. The minimum atomic E-state index is -0.151. The first-order valence-electron chi connectivity index (χ1n) is 14.0. The third-order valence-electron chi connectivity index (χ3n) is 6.94. The molecule has 1 heterocycles. The molecule has 0 atom stereocenters. The summed E-state index contributed by atoms with van der Waals surface area (Å²) in [5, 5.41) is 21.4. The van der Waals surface area contributed by atoms with Gasteiger partial charge in [0, 0.05) is 35.4 Å². The number of aliphatic hydroxyl groups is 2. The summed E-state index contributed by atoms with van der Waals surface area (Å²) in [5.41, 5.74) is 9.80. The van der Waals surface area contributed by atoms with E-state index in [1.807, 2.05) is 36.4 Å². The highest BCUT2D eigenvalue weighted by atomic mass is 32.1. The van der Waals surface area contributed by atoms with Crippen molar-refractivity contribution in [3.63, 3.8) is 0 Å².